The summed E-state index contributed by atoms with van der Waals surface area (Å²) in [4.78, 5) is 22.7. The first-order valence-corrected chi connectivity index (χ1v) is 8.76. The number of nitrogens with one attached hydrogen (secondary N) is 1. The van der Waals surface area contributed by atoms with Crippen molar-refractivity contribution in [1.29, 1.82) is 0 Å². The number of thiazole rings is 1. The highest BCUT2D eigenvalue weighted by atomic mass is 32.1. The summed E-state index contributed by atoms with van der Waals surface area (Å²) in [6.45, 7) is 5.71. The number of nitrogens with zero attached hydrogens (tertiary/aromatic N) is 3. The molecule has 0 bridgehead atoms. The van der Waals surface area contributed by atoms with Crippen LogP contribution in [0.2, 0.25) is 0 Å². The van der Waals surface area contributed by atoms with Crippen molar-refractivity contribution in [2.45, 2.75) is 26.1 Å². The molecule has 0 radical (unpaired) electrons. The average Bonchev–Trinajstić information content (AvgIpc) is 3.02. The van der Waals surface area contributed by atoms with Crippen molar-refractivity contribution in [3.8, 4) is 11.4 Å². The third kappa shape index (κ3) is 3.89. The molecular weight excluding hydrogens is 326 g/mol. The number of amides is 1. The SMILES string of the molecule is C[C@@H]1CN(c2cccc(-c3csc(NC(=O)CN)n3)n2)C[C@H](C)O1. The number of aromatic nitrogens is 2. The molecule has 7 nitrogen and oxygen atoms in total. The molecule has 1 aliphatic heterocycles. The zero-order chi connectivity index (χ0) is 17.1. The van der Waals surface area contributed by atoms with E-state index in [2.05, 4.69) is 29.0 Å². The van der Waals surface area contributed by atoms with Gasteiger partial charge in [-0.1, -0.05) is 6.07 Å². The van der Waals surface area contributed by atoms with Crippen molar-refractivity contribution in [3.05, 3.63) is 23.6 Å². The van der Waals surface area contributed by atoms with E-state index >= 15 is 0 Å². The lowest BCUT2D eigenvalue weighted by Gasteiger charge is -2.36. The van der Waals surface area contributed by atoms with Crippen LogP contribution in [0.4, 0.5) is 10.9 Å². The fourth-order valence-electron chi connectivity index (χ4n) is 2.73. The molecule has 2 atom stereocenters. The van der Waals surface area contributed by atoms with Crippen molar-refractivity contribution >= 4 is 28.2 Å². The average molecular weight is 347 g/mol. The van der Waals surface area contributed by atoms with Gasteiger partial charge in [0.15, 0.2) is 5.13 Å². The van der Waals surface area contributed by atoms with E-state index in [1.807, 2.05) is 23.6 Å². The summed E-state index contributed by atoms with van der Waals surface area (Å²) in [7, 11) is 0. The molecule has 2 aromatic rings. The lowest BCUT2D eigenvalue weighted by molar-refractivity contribution is -0.114. The number of morpholine rings is 1. The molecule has 0 unspecified atom stereocenters. The van der Waals surface area contributed by atoms with Crippen LogP contribution in [0.5, 0.6) is 0 Å². The van der Waals surface area contributed by atoms with Gasteiger partial charge < -0.3 is 20.7 Å². The number of carbonyl (C=O) groups is 1. The minimum atomic E-state index is -0.256. The standard InChI is InChI=1S/C16H21N5O2S/c1-10-7-21(8-11(2)23-10)14-5-3-4-12(18-14)13-9-24-16(19-13)20-15(22)6-17/h3-5,9-11H,6-8,17H2,1-2H3,(H,19,20,22)/t10-,11+. The van der Waals surface area contributed by atoms with E-state index in [0.717, 1.165) is 30.3 Å². The first-order valence-electron chi connectivity index (χ1n) is 7.88. The van der Waals surface area contributed by atoms with E-state index < -0.39 is 0 Å². The topological polar surface area (TPSA) is 93.4 Å². The smallest absolute Gasteiger partial charge is 0.239 e. The third-order valence-corrected chi connectivity index (χ3v) is 4.43. The van der Waals surface area contributed by atoms with Gasteiger partial charge in [-0.05, 0) is 26.0 Å². The highest BCUT2D eigenvalue weighted by molar-refractivity contribution is 7.14. The fraction of sp³-hybridized carbons (Fsp3) is 0.438. The highest BCUT2D eigenvalue weighted by Crippen LogP contribution is 2.26. The molecule has 24 heavy (non-hydrogen) atoms. The summed E-state index contributed by atoms with van der Waals surface area (Å²) in [5, 5.41) is 5.07. The van der Waals surface area contributed by atoms with E-state index in [1.165, 1.54) is 11.3 Å². The molecule has 0 saturated carbocycles. The second-order valence-electron chi connectivity index (χ2n) is 5.83. The van der Waals surface area contributed by atoms with Crippen molar-refractivity contribution < 1.29 is 9.53 Å². The minimum absolute atomic E-state index is 0.0595. The largest absolute Gasteiger partial charge is 0.372 e. The van der Waals surface area contributed by atoms with Crippen molar-refractivity contribution in [1.82, 2.24) is 9.97 Å². The summed E-state index contributed by atoms with van der Waals surface area (Å²) in [5.41, 5.74) is 6.82. The first kappa shape index (κ1) is 16.8. The van der Waals surface area contributed by atoms with Crippen LogP contribution in [-0.4, -0.2) is 47.7 Å². The lowest BCUT2D eigenvalue weighted by atomic mass is 10.2. The van der Waals surface area contributed by atoms with Crippen LogP contribution in [0.3, 0.4) is 0 Å². The molecule has 1 fully saturated rings. The van der Waals surface area contributed by atoms with Gasteiger partial charge in [0.2, 0.25) is 5.91 Å². The van der Waals surface area contributed by atoms with E-state index in [1.54, 1.807) is 0 Å². The molecule has 0 spiro atoms. The fourth-order valence-corrected chi connectivity index (χ4v) is 3.45. The van der Waals surface area contributed by atoms with Crippen molar-refractivity contribution in [2.75, 3.05) is 29.9 Å². The van der Waals surface area contributed by atoms with E-state index in [4.69, 9.17) is 15.5 Å². The summed E-state index contributed by atoms with van der Waals surface area (Å²) in [6.07, 6.45) is 0.355. The Morgan fingerprint density at radius 1 is 1.33 bits per heavy atom. The zero-order valence-electron chi connectivity index (χ0n) is 13.7. The van der Waals surface area contributed by atoms with Gasteiger partial charge in [0.1, 0.15) is 11.5 Å². The molecule has 3 heterocycles. The maximum absolute atomic E-state index is 11.3. The maximum atomic E-state index is 11.3. The van der Waals surface area contributed by atoms with Crippen LogP contribution in [0.25, 0.3) is 11.4 Å². The predicted octanol–water partition coefficient (Wildman–Crippen LogP) is 1.72. The monoisotopic (exact) mass is 347 g/mol. The quantitative estimate of drug-likeness (QED) is 0.875. The second-order valence-corrected chi connectivity index (χ2v) is 6.69. The van der Waals surface area contributed by atoms with Crippen LogP contribution in [-0.2, 0) is 9.53 Å². The maximum Gasteiger partial charge on any atom is 0.239 e. The van der Waals surface area contributed by atoms with Gasteiger partial charge in [-0.15, -0.1) is 11.3 Å². The Kier molecular flexibility index (Phi) is 5.08. The van der Waals surface area contributed by atoms with Gasteiger partial charge in [-0.3, -0.25) is 4.79 Å². The highest BCUT2D eigenvalue weighted by Gasteiger charge is 2.23. The Hall–Kier alpha value is -2.03. The Morgan fingerprint density at radius 2 is 2.08 bits per heavy atom. The molecule has 1 amide bonds. The van der Waals surface area contributed by atoms with Crippen LogP contribution < -0.4 is 16.0 Å². The van der Waals surface area contributed by atoms with E-state index in [9.17, 15) is 4.79 Å². The Bertz CT molecular complexity index is 710. The van der Waals surface area contributed by atoms with Crippen LogP contribution in [0.1, 0.15) is 13.8 Å². The number of hydrogen-bond acceptors (Lipinski definition) is 7. The molecule has 1 saturated heterocycles. The molecule has 2 aromatic heterocycles. The number of hydrogen-bond donors (Lipinski definition) is 2. The minimum Gasteiger partial charge on any atom is -0.372 e. The number of carbonyl (C=O) groups excluding carboxylic acids is 1. The number of nitrogens with two attached hydrogens (primary N) is 1. The molecular formula is C16H21N5O2S. The van der Waals surface area contributed by atoms with Gasteiger partial charge in [0, 0.05) is 18.5 Å². The molecule has 3 N–H and O–H groups in total. The van der Waals surface area contributed by atoms with Gasteiger partial charge in [0.25, 0.3) is 0 Å². The zero-order valence-corrected chi connectivity index (χ0v) is 14.5. The Labute approximate surface area is 144 Å². The number of rotatable bonds is 4. The summed E-state index contributed by atoms with van der Waals surface area (Å²) >= 11 is 1.36. The normalized spacial score (nSPS) is 20.9. The van der Waals surface area contributed by atoms with Crippen molar-refractivity contribution in [3.63, 3.8) is 0 Å². The number of pyridine rings is 1. The molecule has 8 heteroatoms. The molecule has 3 rings (SSSR count). The Balaban J connectivity index is 1.79. The molecule has 128 valence electrons. The van der Waals surface area contributed by atoms with E-state index in [0.29, 0.717) is 5.13 Å². The van der Waals surface area contributed by atoms with Gasteiger partial charge >= 0.3 is 0 Å². The van der Waals surface area contributed by atoms with Gasteiger partial charge in [-0.25, -0.2) is 9.97 Å². The summed E-state index contributed by atoms with van der Waals surface area (Å²) < 4.78 is 5.77. The summed E-state index contributed by atoms with van der Waals surface area (Å²) in [5.74, 6) is 0.656. The molecule has 0 aliphatic carbocycles. The van der Waals surface area contributed by atoms with Crippen LogP contribution in [0, 0.1) is 0 Å². The van der Waals surface area contributed by atoms with Gasteiger partial charge in [0.05, 0.1) is 24.4 Å². The third-order valence-electron chi connectivity index (χ3n) is 3.68. The van der Waals surface area contributed by atoms with Gasteiger partial charge in [-0.2, -0.15) is 0 Å². The molecule has 0 aromatic carbocycles. The predicted molar refractivity (Wildman–Crippen MR) is 95.3 cm³/mol. The van der Waals surface area contributed by atoms with Crippen LogP contribution in [0.15, 0.2) is 23.6 Å². The number of anilines is 2. The Morgan fingerprint density at radius 3 is 2.79 bits per heavy atom. The molecule has 1 aliphatic rings. The number of ether oxygens (including phenoxy) is 1. The van der Waals surface area contributed by atoms with Crippen molar-refractivity contribution in [2.24, 2.45) is 5.73 Å². The first-order chi connectivity index (χ1) is 11.5. The summed E-state index contributed by atoms with van der Waals surface area (Å²) in [6, 6.07) is 5.89. The van der Waals surface area contributed by atoms with E-state index in [-0.39, 0.29) is 24.7 Å². The van der Waals surface area contributed by atoms with Crippen LogP contribution >= 0.6 is 11.3 Å². The lowest BCUT2D eigenvalue weighted by Crippen LogP contribution is -2.45. The second kappa shape index (κ2) is 7.25.